The van der Waals surface area contributed by atoms with Gasteiger partial charge in [0, 0.05) is 11.8 Å². The van der Waals surface area contributed by atoms with Crippen LogP contribution < -0.4 is 5.43 Å². The average Bonchev–Trinajstić information content (AvgIpc) is 2.61. The number of hydrogen-bond donors (Lipinski definition) is 1. The second kappa shape index (κ2) is 7.56. The van der Waals surface area contributed by atoms with Crippen LogP contribution in [0.4, 0.5) is 0 Å². The fourth-order valence-electron chi connectivity index (χ4n) is 2.14. The fourth-order valence-corrected chi connectivity index (χ4v) is 2.79. The van der Waals surface area contributed by atoms with Gasteiger partial charge in [-0.1, -0.05) is 60.3 Å². The molecule has 0 atom stereocenters. The summed E-state index contributed by atoms with van der Waals surface area (Å²) in [4.78, 5) is 16.0. The number of thioether (sulfide) groups is 1. The fraction of sp³-hybridized carbons (Fsp3) is 0.0556. The number of benzene rings is 2. The molecule has 1 amide bonds. The Morgan fingerprint density at radius 2 is 1.91 bits per heavy atom. The molecule has 0 saturated carbocycles. The first-order valence-corrected chi connectivity index (χ1v) is 8.15. The van der Waals surface area contributed by atoms with Crippen LogP contribution in [0.3, 0.4) is 0 Å². The maximum atomic E-state index is 11.8. The lowest BCUT2D eigenvalue weighted by atomic mass is 10.1. The zero-order chi connectivity index (χ0) is 15.9. The van der Waals surface area contributed by atoms with Crippen molar-refractivity contribution in [3.63, 3.8) is 0 Å². The molecular weight excluding hydrogens is 306 g/mol. The van der Waals surface area contributed by atoms with Gasteiger partial charge < -0.3 is 0 Å². The lowest BCUT2D eigenvalue weighted by molar-refractivity contribution is -0.118. The van der Waals surface area contributed by atoms with Gasteiger partial charge in [0.05, 0.1) is 17.0 Å². The number of hydrazone groups is 1. The summed E-state index contributed by atoms with van der Waals surface area (Å²) in [5.74, 6) is 0.126. The smallest absolute Gasteiger partial charge is 0.250 e. The zero-order valence-corrected chi connectivity index (χ0v) is 13.2. The number of carbonyl (C=O) groups excluding carboxylic acids is 1. The number of pyridine rings is 1. The minimum absolute atomic E-state index is 0.155. The van der Waals surface area contributed by atoms with Gasteiger partial charge in [-0.25, -0.2) is 10.4 Å². The Morgan fingerprint density at radius 3 is 2.78 bits per heavy atom. The molecular formula is C18H15N3OS. The minimum atomic E-state index is -0.155. The third kappa shape index (κ3) is 4.17. The van der Waals surface area contributed by atoms with Crippen LogP contribution in [0.5, 0.6) is 0 Å². The van der Waals surface area contributed by atoms with E-state index >= 15 is 0 Å². The predicted molar refractivity (Wildman–Crippen MR) is 94.6 cm³/mol. The number of amides is 1. The van der Waals surface area contributed by atoms with Crippen molar-refractivity contribution < 1.29 is 4.79 Å². The lowest BCUT2D eigenvalue weighted by Gasteiger charge is -2.02. The molecule has 0 saturated heterocycles. The number of fused-ring (bicyclic) bond motifs is 1. The Hall–Kier alpha value is -2.66. The maximum absolute atomic E-state index is 11.8. The van der Waals surface area contributed by atoms with Crippen LogP contribution >= 0.6 is 11.8 Å². The summed E-state index contributed by atoms with van der Waals surface area (Å²) < 4.78 is 0. The van der Waals surface area contributed by atoms with E-state index in [-0.39, 0.29) is 11.7 Å². The highest BCUT2D eigenvalue weighted by Gasteiger charge is 2.02. The molecule has 23 heavy (non-hydrogen) atoms. The number of rotatable bonds is 5. The van der Waals surface area contributed by atoms with Gasteiger partial charge in [0.15, 0.2) is 0 Å². The Morgan fingerprint density at radius 1 is 1.09 bits per heavy atom. The molecule has 0 radical (unpaired) electrons. The van der Waals surface area contributed by atoms with E-state index in [0.717, 1.165) is 21.4 Å². The van der Waals surface area contributed by atoms with Gasteiger partial charge >= 0.3 is 0 Å². The van der Waals surface area contributed by atoms with Crippen LogP contribution in [-0.2, 0) is 4.79 Å². The molecule has 0 aliphatic carbocycles. The maximum Gasteiger partial charge on any atom is 0.250 e. The van der Waals surface area contributed by atoms with Crippen molar-refractivity contribution in [2.24, 2.45) is 5.10 Å². The van der Waals surface area contributed by atoms with E-state index in [1.807, 2.05) is 48.5 Å². The van der Waals surface area contributed by atoms with E-state index in [1.165, 1.54) is 11.8 Å². The largest absolute Gasteiger partial charge is 0.272 e. The molecule has 0 fully saturated rings. The SMILES string of the molecule is O=C(CSc1ccccn1)NN=Cc1cccc2ccccc12. The number of nitrogens with zero attached hydrogens (tertiary/aromatic N) is 2. The van der Waals surface area contributed by atoms with Crippen LogP contribution in [0, 0.1) is 0 Å². The van der Waals surface area contributed by atoms with E-state index in [4.69, 9.17) is 0 Å². The summed E-state index contributed by atoms with van der Waals surface area (Å²) in [6, 6.07) is 19.7. The third-order valence-corrected chi connectivity index (χ3v) is 4.15. The minimum Gasteiger partial charge on any atom is -0.272 e. The van der Waals surface area contributed by atoms with Gasteiger partial charge in [-0.05, 0) is 22.9 Å². The lowest BCUT2D eigenvalue weighted by Crippen LogP contribution is -2.19. The molecule has 2 aromatic carbocycles. The highest BCUT2D eigenvalue weighted by Crippen LogP contribution is 2.16. The molecule has 4 nitrogen and oxygen atoms in total. The van der Waals surface area contributed by atoms with E-state index in [1.54, 1.807) is 12.4 Å². The molecule has 3 rings (SSSR count). The van der Waals surface area contributed by atoms with Crippen LogP contribution in [0.15, 0.2) is 77.0 Å². The highest BCUT2D eigenvalue weighted by atomic mass is 32.2. The first-order valence-electron chi connectivity index (χ1n) is 7.16. The molecule has 0 spiro atoms. The van der Waals surface area contributed by atoms with Crippen molar-refractivity contribution in [3.05, 3.63) is 72.4 Å². The van der Waals surface area contributed by atoms with Crippen LogP contribution in [-0.4, -0.2) is 22.9 Å². The topological polar surface area (TPSA) is 54.4 Å². The third-order valence-electron chi connectivity index (χ3n) is 3.21. The molecule has 0 bridgehead atoms. The molecule has 1 heterocycles. The standard InChI is InChI=1S/C18H15N3OS/c22-17(13-23-18-10-3-4-11-19-18)21-20-12-15-8-5-7-14-6-1-2-9-16(14)15/h1-12H,13H2,(H,21,22). The van der Waals surface area contributed by atoms with E-state index in [2.05, 4.69) is 27.6 Å². The van der Waals surface area contributed by atoms with Crippen LogP contribution in [0.25, 0.3) is 10.8 Å². The van der Waals surface area contributed by atoms with Crippen molar-refractivity contribution in [2.75, 3.05) is 5.75 Å². The average molecular weight is 321 g/mol. The van der Waals surface area contributed by atoms with Gasteiger partial charge in [-0.15, -0.1) is 0 Å². The number of carbonyl (C=O) groups is 1. The number of hydrogen-bond acceptors (Lipinski definition) is 4. The monoisotopic (exact) mass is 321 g/mol. The van der Waals surface area contributed by atoms with E-state index in [0.29, 0.717) is 0 Å². The van der Waals surface area contributed by atoms with Gasteiger partial charge in [-0.2, -0.15) is 5.10 Å². The molecule has 1 N–H and O–H groups in total. The van der Waals surface area contributed by atoms with Gasteiger partial charge in [0.1, 0.15) is 0 Å². The second-order valence-electron chi connectivity index (χ2n) is 4.82. The molecule has 0 aliphatic heterocycles. The van der Waals surface area contributed by atoms with Crippen molar-refractivity contribution in [1.82, 2.24) is 10.4 Å². The second-order valence-corrected chi connectivity index (χ2v) is 5.81. The van der Waals surface area contributed by atoms with Crippen LogP contribution in [0.2, 0.25) is 0 Å². The van der Waals surface area contributed by atoms with E-state index < -0.39 is 0 Å². The van der Waals surface area contributed by atoms with Gasteiger partial charge in [0.25, 0.3) is 0 Å². The molecule has 1 aromatic heterocycles. The molecule has 0 unspecified atom stereocenters. The van der Waals surface area contributed by atoms with Crippen molar-refractivity contribution in [3.8, 4) is 0 Å². The Balaban J connectivity index is 1.59. The van der Waals surface area contributed by atoms with Crippen molar-refractivity contribution in [2.45, 2.75) is 5.03 Å². The molecule has 3 aromatic rings. The van der Waals surface area contributed by atoms with E-state index in [9.17, 15) is 4.79 Å². The first kappa shape index (κ1) is 15.2. The summed E-state index contributed by atoms with van der Waals surface area (Å²) in [5.41, 5.74) is 3.52. The quantitative estimate of drug-likeness (QED) is 0.445. The highest BCUT2D eigenvalue weighted by molar-refractivity contribution is 7.99. The summed E-state index contributed by atoms with van der Waals surface area (Å²) in [5, 5.41) is 7.12. The van der Waals surface area contributed by atoms with Gasteiger partial charge in [0.2, 0.25) is 5.91 Å². The zero-order valence-electron chi connectivity index (χ0n) is 12.3. The summed E-state index contributed by atoms with van der Waals surface area (Å²) in [6.07, 6.45) is 3.38. The van der Waals surface area contributed by atoms with Crippen molar-refractivity contribution in [1.29, 1.82) is 0 Å². The van der Waals surface area contributed by atoms with Crippen molar-refractivity contribution >= 4 is 34.7 Å². The number of nitrogens with one attached hydrogen (secondary N) is 1. The van der Waals surface area contributed by atoms with Crippen LogP contribution in [0.1, 0.15) is 5.56 Å². The summed E-state index contributed by atoms with van der Waals surface area (Å²) in [7, 11) is 0. The molecule has 114 valence electrons. The molecule has 0 aliphatic rings. The Bertz CT molecular complexity index is 829. The number of aromatic nitrogens is 1. The normalized spacial score (nSPS) is 11.0. The summed E-state index contributed by atoms with van der Waals surface area (Å²) >= 11 is 1.38. The first-order chi connectivity index (χ1) is 11.3. The Labute approximate surface area is 138 Å². The Kier molecular flexibility index (Phi) is 5.01. The molecule has 5 heteroatoms. The summed E-state index contributed by atoms with van der Waals surface area (Å²) in [6.45, 7) is 0. The van der Waals surface area contributed by atoms with Gasteiger partial charge in [-0.3, -0.25) is 4.79 Å². The predicted octanol–water partition coefficient (Wildman–Crippen LogP) is 3.48.